The molecule has 3 heteroatoms. The van der Waals surface area contributed by atoms with Gasteiger partial charge in [-0.25, -0.2) is 0 Å². The highest BCUT2D eigenvalue weighted by Gasteiger charge is 2.24. The number of benzene rings is 1. The standard InChI is InChI=1S/C17H24N2O/c1-14-6-3-4-9-17(14)19(2)10-11-20-16-8-5-7-15(12-16)13-18/h5,7-8,12,14,17H,3-4,6,9-11H2,1-2H3. The molecule has 3 nitrogen and oxygen atoms in total. The molecule has 0 aliphatic heterocycles. The van der Waals surface area contributed by atoms with E-state index in [0.29, 0.717) is 18.2 Å². The predicted octanol–water partition coefficient (Wildman–Crippen LogP) is 3.45. The van der Waals surface area contributed by atoms with Crippen molar-refractivity contribution in [3.8, 4) is 11.8 Å². The van der Waals surface area contributed by atoms with Crippen LogP contribution in [0, 0.1) is 17.2 Å². The Hall–Kier alpha value is -1.53. The Morgan fingerprint density at radius 3 is 2.90 bits per heavy atom. The lowest BCUT2D eigenvalue weighted by Crippen LogP contribution is -2.40. The number of nitrogens with zero attached hydrogens (tertiary/aromatic N) is 2. The Bertz CT molecular complexity index is 466. The molecule has 0 aromatic heterocycles. The Morgan fingerprint density at radius 2 is 2.15 bits per heavy atom. The van der Waals surface area contributed by atoms with Crippen LogP contribution in [0.3, 0.4) is 0 Å². The Morgan fingerprint density at radius 1 is 1.35 bits per heavy atom. The molecule has 2 unspecified atom stereocenters. The molecule has 0 N–H and O–H groups in total. The number of nitriles is 1. The SMILES string of the molecule is CC1CCCCC1N(C)CCOc1cccc(C#N)c1. The lowest BCUT2D eigenvalue weighted by Gasteiger charge is -2.36. The predicted molar refractivity (Wildman–Crippen MR) is 80.7 cm³/mol. The second-order valence-corrected chi connectivity index (χ2v) is 5.80. The molecule has 0 bridgehead atoms. The van der Waals surface area contributed by atoms with E-state index in [1.165, 1.54) is 25.7 Å². The van der Waals surface area contributed by atoms with E-state index >= 15 is 0 Å². The molecule has 108 valence electrons. The Labute approximate surface area is 122 Å². The summed E-state index contributed by atoms with van der Waals surface area (Å²) in [5.41, 5.74) is 0.650. The Kier molecular flexibility index (Phi) is 5.43. The maximum absolute atomic E-state index is 8.86. The third kappa shape index (κ3) is 3.98. The minimum Gasteiger partial charge on any atom is -0.492 e. The zero-order valence-electron chi connectivity index (χ0n) is 12.5. The minimum atomic E-state index is 0.650. The molecule has 1 aromatic carbocycles. The van der Waals surface area contributed by atoms with Crippen molar-refractivity contribution in [1.82, 2.24) is 4.90 Å². The highest BCUT2D eigenvalue weighted by atomic mass is 16.5. The van der Waals surface area contributed by atoms with Crippen LogP contribution in [0.4, 0.5) is 0 Å². The smallest absolute Gasteiger partial charge is 0.120 e. The van der Waals surface area contributed by atoms with Gasteiger partial charge in [-0.3, -0.25) is 4.90 Å². The number of ether oxygens (including phenoxy) is 1. The van der Waals surface area contributed by atoms with Crippen LogP contribution in [-0.4, -0.2) is 31.1 Å². The van der Waals surface area contributed by atoms with Gasteiger partial charge < -0.3 is 4.74 Å². The summed E-state index contributed by atoms with van der Waals surface area (Å²) in [4.78, 5) is 2.43. The zero-order valence-corrected chi connectivity index (χ0v) is 12.5. The maximum atomic E-state index is 8.86. The van der Waals surface area contributed by atoms with Gasteiger partial charge in [0.1, 0.15) is 12.4 Å². The molecule has 0 heterocycles. The highest BCUT2D eigenvalue weighted by molar-refractivity contribution is 5.36. The van der Waals surface area contributed by atoms with Gasteiger partial charge in [0.2, 0.25) is 0 Å². The van der Waals surface area contributed by atoms with Gasteiger partial charge in [-0.1, -0.05) is 25.8 Å². The van der Waals surface area contributed by atoms with E-state index in [-0.39, 0.29) is 0 Å². The van der Waals surface area contributed by atoms with Crippen LogP contribution in [0.5, 0.6) is 5.75 Å². The first kappa shape index (κ1) is 14.9. The molecular formula is C17H24N2O. The lowest BCUT2D eigenvalue weighted by molar-refractivity contribution is 0.120. The molecule has 2 rings (SSSR count). The van der Waals surface area contributed by atoms with Crippen LogP contribution in [0.1, 0.15) is 38.2 Å². The summed E-state index contributed by atoms with van der Waals surface area (Å²) in [5, 5.41) is 8.86. The molecule has 0 radical (unpaired) electrons. The fraction of sp³-hybridized carbons (Fsp3) is 0.588. The summed E-state index contributed by atoms with van der Waals surface area (Å²) >= 11 is 0. The summed E-state index contributed by atoms with van der Waals surface area (Å²) in [6.45, 7) is 3.97. The van der Waals surface area contributed by atoms with Gasteiger partial charge in [0.15, 0.2) is 0 Å². The third-order valence-electron chi connectivity index (χ3n) is 4.31. The summed E-state index contributed by atoms with van der Waals surface area (Å²) in [7, 11) is 2.20. The summed E-state index contributed by atoms with van der Waals surface area (Å²) in [6.07, 6.45) is 5.38. The molecular weight excluding hydrogens is 248 g/mol. The van der Waals surface area contributed by atoms with E-state index in [4.69, 9.17) is 10.00 Å². The molecule has 0 amide bonds. The lowest BCUT2D eigenvalue weighted by atomic mass is 9.85. The Balaban J connectivity index is 1.78. The average molecular weight is 272 g/mol. The second kappa shape index (κ2) is 7.31. The first-order valence-electron chi connectivity index (χ1n) is 7.54. The van der Waals surface area contributed by atoms with Crippen molar-refractivity contribution in [1.29, 1.82) is 5.26 Å². The summed E-state index contributed by atoms with van der Waals surface area (Å²) in [6, 6.07) is 10.2. The fourth-order valence-corrected chi connectivity index (χ4v) is 3.08. The van der Waals surface area contributed by atoms with Gasteiger partial charge in [-0.2, -0.15) is 5.26 Å². The van der Waals surface area contributed by atoms with Crippen molar-refractivity contribution in [2.24, 2.45) is 5.92 Å². The van der Waals surface area contributed by atoms with Crippen molar-refractivity contribution in [3.05, 3.63) is 29.8 Å². The van der Waals surface area contributed by atoms with Crippen LogP contribution < -0.4 is 4.74 Å². The number of hydrogen-bond donors (Lipinski definition) is 0. The third-order valence-corrected chi connectivity index (χ3v) is 4.31. The van der Waals surface area contributed by atoms with Crippen molar-refractivity contribution >= 4 is 0 Å². The van der Waals surface area contributed by atoms with Gasteiger partial charge >= 0.3 is 0 Å². The average Bonchev–Trinajstić information content (AvgIpc) is 2.48. The quantitative estimate of drug-likeness (QED) is 0.823. The van der Waals surface area contributed by atoms with Crippen LogP contribution in [0.15, 0.2) is 24.3 Å². The summed E-state index contributed by atoms with van der Waals surface area (Å²) < 4.78 is 5.75. The number of likely N-dealkylation sites (N-methyl/N-ethyl adjacent to an activating group) is 1. The molecule has 1 aliphatic rings. The molecule has 20 heavy (non-hydrogen) atoms. The highest BCUT2D eigenvalue weighted by Crippen LogP contribution is 2.27. The van der Waals surface area contributed by atoms with Gasteiger partial charge in [-0.05, 0) is 44.0 Å². The van der Waals surface area contributed by atoms with Crippen molar-refractivity contribution in [3.63, 3.8) is 0 Å². The first-order chi connectivity index (χ1) is 9.70. The zero-order chi connectivity index (χ0) is 14.4. The van der Waals surface area contributed by atoms with E-state index in [9.17, 15) is 0 Å². The first-order valence-corrected chi connectivity index (χ1v) is 7.54. The maximum Gasteiger partial charge on any atom is 0.120 e. The van der Waals surface area contributed by atoms with E-state index in [0.717, 1.165) is 18.2 Å². The van der Waals surface area contributed by atoms with Crippen LogP contribution in [0.25, 0.3) is 0 Å². The summed E-state index contributed by atoms with van der Waals surface area (Å²) in [5.74, 6) is 1.57. The van der Waals surface area contributed by atoms with Crippen LogP contribution in [-0.2, 0) is 0 Å². The van der Waals surface area contributed by atoms with E-state index in [1.807, 2.05) is 12.1 Å². The van der Waals surface area contributed by atoms with E-state index in [1.54, 1.807) is 12.1 Å². The van der Waals surface area contributed by atoms with Crippen LogP contribution in [0.2, 0.25) is 0 Å². The minimum absolute atomic E-state index is 0.650. The molecule has 1 saturated carbocycles. The van der Waals surface area contributed by atoms with E-state index < -0.39 is 0 Å². The normalized spacial score (nSPS) is 22.5. The second-order valence-electron chi connectivity index (χ2n) is 5.80. The molecule has 0 saturated heterocycles. The molecule has 0 spiro atoms. The monoisotopic (exact) mass is 272 g/mol. The molecule has 2 atom stereocenters. The molecule has 1 aromatic rings. The van der Waals surface area contributed by atoms with Crippen molar-refractivity contribution in [2.45, 2.75) is 38.6 Å². The van der Waals surface area contributed by atoms with Gasteiger partial charge in [0, 0.05) is 12.6 Å². The number of hydrogen-bond acceptors (Lipinski definition) is 3. The topological polar surface area (TPSA) is 36.3 Å². The van der Waals surface area contributed by atoms with Crippen molar-refractivity contribution in [2.75, 3.05) is 20.2 Å². The fourth-order valence-electron chi connectivity index (χ4n) is 3.08. The molecule has 1 fully saturated rings. The van der Waals surface area contributed by atoms with Gasteiger partial charge in [0.25, 0.3) is 0 Å². The molecule has 1 aliphatic carbocycles. The van der Waals surface area contributed by atoms with Gasteiger partial charge in [0.05, 0.1) is 11.6 Å². The van der Waals surface area contributed by atoms with Gasteiger partial charge in [-0.15, -0.1) is 0 Å². The number of rotatable bonds is 5. The van der Waals surface area contributed by atoms with Crippen LogP contribution >= 0.6 is 0 Å². The van der Waals surface area contributed by atoms with Crippen molar-refractivity contribution < 1.29 is 4.74 Å². The van der Waals surface area contributed by atoms with E-state index in [2.05, 4.69) is 24.9 Å². The largest absolute Gasteiger partial charge is 0.492 e.